The molecule has 1 aromatic rings. The van der Waals surface area contributed by atoms with Crippen LogP contribution < -0.4 is 5.73 Å². The van der Waals surface area contributed by atoms with E-state index in [0.29, 0.717) is 6.54 Å². The Morgan fingerprint density at radius 2 is 2.00 bits per heavy atom. The smallest absolute Gasteiger partial charge is 0.254 e. The van der Waals surface area contributed by atoms with Crippen molar-refractivity contribution >= 4 is 5.91 Å². The van der Waals surface area contributed by atoms with E-state index < -0.39 is 0 Å². The van der Waals surface area contributed by atoms with Crippen molar-refractivity contribution in [3.8, 4) is 0 Å². The molecule has 1 atom stereocenters. The third-order valence-corrected chi connectivity index (χ3v) is 5.09. The predicted molar refractivity (Wildman–Crippen MR) is 92.3 cm³/mol. The van der Waals surface area contributed by atoms with Crippen molar-refractivity contribution < 1.29 is 4.79 Å². The van der Waals surface area contributed by atoms with Crippen LogP contribution >= 0.6 is 0 Å². The van der Waals surface area contributed by atoms with Gasteiger partial charge < -0.3 is 15.5 Å². The van der Waals surface area contributed by atoms with Crippen LogP contribution in [-0.4, -0.2) is 73.0 Å². The van der Waals surface area contributed by atoms with Gasteiger partial charge in [-0.25, -0.2) is 0 Å². The molecule has 2 heterocycles. The van der Waals surface area contributed by atoms with Gasteiger partial charge >= 0.3 is 0 Å². The van der Waals surface area contributed by atoms with E-state index >= 15 is 0 Å². The molecule has 1 amide bonds. The molecule has 0 saturated carbocycles. The SMILES string of the molecule is CN1CCN(Cc2cccc(C(=O)N3CCCC3CN)c2)CC1. The fraction of sp³-hybridized carbons (Fsp3) is 0.611. The number of hydrogen-bond donors (Lipinski definition) is 1. The van der Waals surface area contributed by atoms with E-state index in [1.807, 2.05) is 17.0 Å². The molecule has 0 spiro atoms. The molecule has 2 aliphatic heterocycles. The Morgan fingerprint density at radius 1 is 1.22 bits per heavy atom. The first-order valence-electron chi connectivity index (χ1n) is 8.68. The fourth-order valence-corrected chi connectivity index (χ4v) is 3.58. The molecule has 5 nitrogen and oxygen atoms in total. The van der Waals surface area contributed by atoms with Gasteiger partial charge in [0.25, 0.3) is 5.91 Å². The second-order valence-electron chi connectivity index (χ2n) is 6.81. The van der Waals surface area contributed by atoms with Crippen LogP contribution in [0.4, 0.5) is 0 Å². The van der Waals surface area contributed by atoms with Gasteiger partial charge in [0, 0.05) is 57.4 Å². The van der Waals surface area contributed by atoms with Crippen LogP contribution in [0.5, 0.6) is 0 Å². The molecule has 126 valence electrons. The molecule has 1 aromatic carbocycles. The summed E-state index contributed by atoms with van der Waals surface area (Å²) in [6.45, 7) is 6.74. The highest BCUT2D eigenvalue weighted by Gasteiger charge is 2.28. The van der Waals surface area contributed by atoms with Gasteiger partial charge in [0.15, 0.2) is 0 Å². The maximum atomic E-state index is 12.8. The van der Waals surface area contributed by atoms with Gasteiger partial charge in [0.2, 0.25) is 0 Å². The fourth-order valence-electron chi connectivity index (χ4n) is 3.58. The van der Waals surface area contributed by atoms with Crippen molar-refractivity contribution in [2.24, 2.45) is 5.73 Å². The number of hydrogen-bond acceptors (Lipinski definition) is 4. The Hall–Kier alpha value is -1.43. The molecule has 2 aliphatic rings. The summed E-state index contributed by atoms with van der Waals surface area (Å²) in [5.41, 5.74) is 7.83. The van der Waals surface area contributed by atoms with Crippen molar-refractivity contribution in [2.75, 3.05) is 46.3 Å². The van der Waals surface area contributed by atoms with Crippen LogP contribution in [0, 0.1) is 0 Å². The first-order chi connectivity index (χ1) is 11.2. The van der Waals surface area contributed by atoms with Crippen molar-refractivity contribution in [1.82, 2.24) is 14.7 Å². The Morgan fingerprint density at radius 3 is 2.74 bits per heavy atom. The van der Waals surface area contributed by atoms with E-state index in [9.17, 15) is 4.79 Å². The number of carbonyl (C=O) groups excluding carboxylic acids is 1. The van der Waals surface area contributed by atoms with Crippen LogP contribution in [0.15, 0.2) is 24.3 Å². The minimum atomic E-state index is 0.137. The van der Waals surface area contributed by atoms with Crippen LogP contribution in [0.2, 0.25) is 0 Å². The monoisotopic (exact) mass is 316 g/mol. The maximum absolute atomic E-state index is 12.8. The predicted octanol–water partition coefficient (Wildman–Crippen LogP) is 0.997. The molecule has 23 heavy (non-hydrogen) atoms. The first-order valence-corrected chi connectivity index (χ1v) is 8.68. The molecule has 2 N–H and O–H groups in total. The maximum Gasteiger partial charge on any atom is 0.254 e. The van der Waals surface area contributed by atoms with Crippen LogP contribution in [0.1, 0.15) is 28.8 Å². The summed E-state index contributed by atoms with van der Waals surface area (Å²) < 4.78 is 0. The summed E-state index contributed by atoms with van der Waals surface area (Å²) >= 11 is 0. The lowest BCUT2D eigenvalue weighted by atomic mass is 10.1. The van der Waals surface area contributed by atoms with Gasteiger partial charge in [0.05, 0.1) is 0 Å². The molecule has 0 aromatic heterocycles. The van der Waals surface area contributed by atoms with Crippen molar-refractivity contribution in [1.29, 1.82) is 0 Å². The Bertz CT molecular complexity index is 540. The topological polar surface area (TPSA) is 52.8 Å². The van der Waals surface area contributed by atoms with Crippen molar-refractivity contribution in [3.63, 3.8) is 0 Å². The van der Waals surface area contributed by atoms with Gasteiger partial charge in [-0.05, 0) is 37.6 Å². The molecule has 1 unspecified atom stereocenters. The molecule has 0 bridgehead atoms. The number of likely N-dealkylation sites (tertiary alicyclic amines) is 1. The summed E-state index contributed by atoms with van der Waals surface area (Å²) in [6, 6.07) is 8.34. The number of piperazine rings is 1. The lowest BCUT2D eigenvalue weighted by Crippen LogP contribution is -2.43. The number of amides is 1. The highest BCUT2D eigenvalue weighted by Crippen LogP contribution is 2.20. The van der Waals surface area contributed by atoms with Crippen molar-refractivity contribution in [2.45, 2.75) is 25.4 Å². The second-order valence-corrected chi connectivity index (χ2v) is 6.81. The zero-order valence-electron chi connectivity index (χ0n) is 14.1. The minimum Gasteiger partial charge on any atom is -0.334 e. The average molecular weight is 316 g/mol. The van der Waals surface area contributed by atoms with Gasteiger partial charge in [-0.3, -0.25) is 9.69 Å². The first kappa shape index (κ1) is 16.4. The number of nitrogens with zero attached hydrogens (tertiary/aromatic N) is 3. The van der Waals surface area contributed by atoms with Crippen molar-refractivity contribution in [3.05, 3.63) is 35.4 Å². The Balaban J connectivity index is 1.66. The average Bonchev–Trinajstić information content (AvgIpc) is 3.05. The lowest BCUT2D eigenvalue weighted by Gasteiger charge is -2.32. The van der Waals surface area contributed by atoms with Crippen LogP contribution in [0.25, 0.3) is 0 Å². The number of nitrogens with two attached hydrogens (primary N) is 1. The zero-order chi connectivity index (χ0) is 16.2. The minimum absolute atomic E-state index is 0.137. The molecular formula is C18H28N4O. The molecule has 2 saturated heterocycles. The summed E-state index contributed by atoms with van der Waals surface area (Å²) in [4.78, 5) is 19.5. The summed E-state index contributed by atoms with van der Waals surface area (Å²) in [7, 11) is 2.17. The molecular weight excluding hydrogens is 288 g/mol. The number of carbonyl (C=O) groups is 1. The van der Waals surface area contributed by atoms with E-state index in [2.05, 4.69) is 29.0 Å². The van der Waals surface area contributed by atoms with Crippen LogP contribution in [-0.2, 0) is 6.54 Å². The van der Waals surface area contributed by atoms with Gasteiger partial charge in [0.1, 0.15) is 0 Å². The van der Waals surface area contributed by atoms with E-state index in [1.54, 1.807) is 0 Å². The Labute approximate surface area is 139 Å². The van der Waals surface area contributed by atoms with E-state index in [1.165, 1.54) is 5.56 Å². The Kier molecular flexibility index (Phi) is 5.30. The lowest BCUT2D eigenvalue weighted by molar-refractivity contribution is 0.0741. The van der Waals surface area contributed by atoms with Gasteiger partial charge in [-0.1, -0.05) is 12.1 Å². The number of rotatable bonds is 4. The summed E-state index contributed by atoms with van der Waals surface area (Å²) in [6.07, 6.45) is 2.10. The van der Waals surface area contributed by atoms with E-state index in [4.69, 9.17) is 5.73 Å². The molecule has 5 heteroatoms. The normalized spacial score (nSPS) is 23.4. The highest BCUT2D eigenvalue weighted by molar-refractivity contribution is 5.94. The quantitative estimate of drug-likeness (QED) is 0.900. The zero-order valence-corrected chi connectivity index (χ0v) is 14.1. The molecule has 3 rings (SSSR count). The van der Waals surface area contributed by atoms with Gasteiger partial charge in [-0.2, -0.15) is 0 Å². The molecule has 0 aliphatic carbocycles. The largest absolute Gasteiger partial charge is 0.334 e. The number of likely N-dealkylation sites (N-methyl/N-ethyl adjacent to an activating group) is 1. The second kappa shape index (κ2) is 7.43. The third-order valence-electron chi connectivity index (χ3n) is 5.09. The standard InChI is InChI=1S/C18H28N4O/c1-20-8-10-21(11-9-20)14-15-4-2-5-16(12-15)18(23)22-7-3-6-17(22)13-19/h2,4-5,12,17H,3,6-11,13-14,19H2,1H3. The number of benzene rings is 1. The highest BCUT2D eigenvalue weighted by atomic mass is 16.2. The molecule has 0 radical (unpaired) electrons. The van der Waals surface area contributed by atoms with E-state index in [-0.39, 0.29) is 11.9 Å². The van der Waals surface area contributed by atoms with Crippen LogP contribution in [0.3, 0.4) is 0 Å². The van der Waals surface area contributed by atoms with Gasteiger partial charge in [-0.15, -0.1) is 0 Å². The van der Waals surface area contributed by atoms with E-state index in [0.717, 1.165) is 57.7 Å². The third kappa shape index (κ3) is 3.91. The summed E-state index contributed by atoms with van der Waals surface area (Å²) in [5, 5.41) is 0. The summed E-state index contributed by atoms with van der Waals surface area (Å²) in [5.74, 6) is 0.137. The molecule has 2 fully saturated rings.